The molecule has 1 aliphatic heterocycles. The second-order valence-electron chi connectivity index (χ2n) is 7.63. The van der Waals surface area contributed by atoms with Gasteiger partial charge in [-0.2, -0.15) is 0 Å². The molecule has 0 bridgehead atoms. The summed E-state index contributed by atoms with van der Waals surface area (Å²) in [6, 6.07) is 10.4. The highest BCUT2D eigenvalue weighted by molar-refractivity contribution is 6.16. The second-order valence-corrected chi connectivity index (χ2v) is 7.63. The number of aliphatic hydroxyl groups excluding tert-OH is 1. The Hall–Kier alpha value is -3.98. The zero-order valence-corrected chi connectivity index (χ0v) is 19.0. The van der Waals surface area contributed by atoms with Gasteiger partial charge in [0, 0.05) is 19.0 Å². The Morgan fingerprint density at radius 1 is 1.12 bits per heavy atom. The highest BCUT2D eigenvalue weighted by Crippen LogP contribution is 2.42. The minimum Gasteiger partial charge on any atom is -0.504 e. The van der Waals surface area contributed by atoms with Crippen molar-refractivity contribution in [3.63, 3.8) is 0 Å². The summed E-state index contributed by atoms with van der Waals surface area (Å²) in [5.74, 6) is -1.48. The van der Waals surface area contributed by atoms with Crippen molar-refractivity contribution in [2.75, 3.05) is 34.0 Å². The van der Waals surface area contributed by atoms with Crippen molar-refractivity contribution >= 4 is 22.7 Å². The van der Waals surface area contributed by atoms with Crippen LogP contribution in [0.1, 0.15) is 29.1 Å². The van der Waals surface area contributed by atoms with Gasteiger partial charge in [-0.1, -0.05) is 18.2 Å². The fourth-order valence-electron chi connectivity index (χ4n) is 4.07. The number of ether oxygens (including phenoxy) is 3. The zero-order valence-electron chi connectivity index (χ0n) is 19.0. The number of aromatic hydroxyl groups is 1. The normalized spacial score (nSPS) is 15.9. The SMILES string of the molecule is CCOc1cc(C2C(C(=O)c3cc4cccc(OC)c4o3)=C(O)C(=O)N2CCOC)ccc1O. The van der Waals surface area contributed by atoms with Crippen LogP contribution in [0.3, 0.4) is 0 Å². The molecule has 0 aliphatic carbocycles. The number of carbonyl (C=O) groups is 2. The fraction of sp³-hybridized carbons (Fsp3) is 0.280. The smallest absolute Gasteiger partial charge is 0.290 e. The summed E-state index contributed by atoms with van der Waals surface area (Å²) in [5, 5.41) is 21.5. The number of phenols is 1. The van der Waals surface area contributed by atoms with Crippen LogP contribution in [0.15, 0.2) is 58.2 Å². The van der Waals surface area contributed by atoms with E-state index in [4.69, 9.17) is 18.6 Å². The Balaban J connectivity index is 1.82. The first kappa shape index (κ1) is 23.2. The van der Waals surface area contributed by atoms with Crippen molar-refractivity contribution in [1.82, 2.24) is 4.90 Å². The molecule has 0 spiro atoms. The Kier molecular flexibility index (Phi) is 6.47. The minimum absolute atomic E-state index is 0.0451. The van der Waals surface area contributed by atoms with E-state index in [-0.39, 0.29) is 36.0 Å². The lowest BCUT2D eigenvalue weighted by molar-refractivity contribution is -0.130. The number of fused-ring (bicyclic) bond motifs is 1. The van der Waals surface area contributed by atoms with Gasteiger partial charge in [-0.25, -0.2) is 0 Å². The highest BCUT2D eigenvalue weighted by Gasteiger charge is 2.44. The molecule has 34 heavy (non-hydrogen) atoms. The van der Waals surface area contributed by atoms with Gasteiger partial charge in [0.1, 0.15) is 0 Å². The standard InChI is InChI=1S/C25H25NO8/c1-4-33-18-12-14(8-9-16(18)27)21-20(23(29)25(30)26(21)10-11-31-2)22(28)19-13-15-6-5-7-17(32-3)24(15)34-19/h5-9,12-13,21,27,29H,4,10-11H2,1-3H3. The first-order valence-corrected chi connectivity index (χ1v) is 10.7. The number of Topliss-reactive ketones (excluding diaryl/α,β-unsaturated/α-hetero) is 1. The van der Waals surface area contributed by atoms with Crippen molar-refractivity contribution in [2.24, 2.45) is 0 Å². The maximum Gasteiger partial charge on any atom is 0.290 e. The number of para-hydroxylation sites is 1. The molecule has 0 fully saturated rings. The average molecular weight is 467 g/mol. The molecule has 3 aromatic rings. The summed E-state index contributed by atoms with van der Waals surface area (Å²) < 4.78 is 21.7. The lowest BCUT2D eigenvalue weighted by Crippen LogP contribution is -2.34. The van der Waals surface area contributed by atoms with Crippen LogP contribution >= 0.6 is 0 Å². The summed E-state index contributed by atoms with van der Waals surface area (Å²) in [6.45, 7) is 2.39. The van der Waals surface area contributed by atoms with E-state index in [0.29, 0.717) is 28.9 Å². The van der Waals surface area contributed by atoms with Gasteiger partial charge in [0.15, 0.2) is 34.4 Å². The van der Waals surface area contributed by atoms with Gasteiger partial charge in [0.25, 0.3) is 5.91 Å². The van der Waals surface area contributed by atoms with Crippen LogP contribution in [0.4, 0.5) is 0 Å². The number of methoxy groups -OCH3 is 2. The number of carbonyl (C=O) groups excluding carboxylic acids is 2. The van der Waals surface area contributed by atoms with Crippen LogP contribution in [-0.2, 0) is 9.53 Å². The molecule has 0 radical (unpaired) electrons. The number of rotatable bonds is 9. The third-order valence-corrected chi connectivity index (χ3v) is 5.64. The van der Waals surface area contributed by atoms with Crippen LogP contribution in [0.25, 0.3) is 11.0 Å². The van der Waals surface area contributed by atoms with E-state index < -0.39 is 23.5 Å². The maximum atomic E-state index is 13.6. The summed E-state index contributed by atoms with van der Waals surface area (Å²) in [6.07, 6.45) is 0. The van der Waals surface area contributed by atoms with E-state index in [9.17, 15) is 19.8 Å². The molecule has 9 nitrogen and oxygen atoms in total. The number of furan rings is 1. The Bertz CT molecular complexity index is 1280. The summed E-state index contributed by atoms with van der Waals surface area (Å²) in [4.78, 5) is 27.9. The van der Waals surface area contributed by atoms with Gasteiger partial charge in [0.2, 0.25) is 5.78 Å². The quantitative estimate of drug-likeness (QED) is 0.457. The summed E-state index contributed by atoms with van der Waals surface area (Å²) in [5.41, 5.74) is 0.730. The summed E-state index contributed by atoms with van der Waals surface area (Å²) in [7, 11) is 2.98. The van der Waals surface area contributed by atoms with E-state index in [1.54, 1.807) is 43.3 Å². The minimum atomic E-state index is -0.940. The van der Waals surface area contributed by atoms with E-state index in [1.807, 2.05) is 0 Å². The zero-order chi connectivity index (χ0) is 24.4. The van der Waals surface area contributed by atoms with Crippen molar-refractivity contribution < 1.29 is 38.4 Å². The van der Waals surface area contributed by atoms with Gasteiger partial charge in [0.05, 0.1) is 31.9 Å². The number of amides is 1. The van der Waals surface area contributed by atoms with Crippen molar-refractivity contribution in [3.05, 3.63) is 65.1 Å². The third-order valence-electron chi connectivity index (χ3n) is 5.64. The number of nitrogens with zero attached hydrogens (tertiary/aromatic N) is 1. The Labute approximate surface area is 195 Å². The molecule has 1 aromatic heterocycles. The number of ketones is 1. The molecule has 1 aliphatic rings. The van der Waals surface area contributed by atoms with Gasteiger partial charge in [-0.05, 0) is 36.8 Å². The van der Waals surface area contributed by atoms with E-state index >= 15 is 0 Å². The Morgan fingerprint density at radius 2 is 1.91 bits per heavy atom. The maximum absolute atomic E-state index is 13.6. The predicted molar refractivity (Wildman–Crippen MR) is 122 cm³/mol. The van der Waals surface area contributed by atoms with E-state index in [1.165, 1.54) is 25.2 Å². The van der Waals surface area contributed by atoms with Crippen LogP contribution in [-0.4, -0.2) is 60.8 Å². The molecule has 2 aromatic carbocycles. The van der Waals surface area contributed by atoms with E-state index in [0.717, 1.165) is 0 Å². The van der Waals surface area contributed by atoms with Crippen LogP contribution < -0.4 is 9.47 Å². The molecular weight excluding hydrogens is 442 g/mol. The molecular formula is C25H25NO8. The highest BCUT2D eigenvalue weighted by atomic mass is 16.5. The molecule has 2 N–H and O–H groups in total. The molecule has 9 heteroatoms. The number of hydrogen-bond acceptors (Lipinski definition) is 8. The third kappa shape index (κ3) is 3.94. The number of aliphatic hydroxyl groups is 1. The molecule has 2 heterocycles. The molecule has 1 amide bonds. The summed E-state index contributed by atoms with van der Waals surface area (Å²) >= 11 is 0. The van der Waals surface area contributed by atoms with E-state index in [2.05, 4.69) is 0 Å². The van der Waals surface area contributed by atoms with Crippen LogP contribution in [0.2, 0.25) is 0 Å². The first-order valence-electron chi connectivity index (χ1n) is 10.7. The Morgan fingerprint density at radius 3 is 2.62 bits per heavy atom. The van der Waals surface area contributed by atoms with Crippen molar-refractivity contribution in [3.8, 4) is 17.2 Å². The lowest BCUT2D eigenvalue weighted by atomic mass is 9.94. The lowest BCUT2D eigenvalue weighted by Gasteiger charge is -2.26. The molecule has 1 atom stereocenters. The van der Waals surface area contributed by atoms with Crippen LogP contribution in [0.5, 0.6) is 17.2 Å². The molecule has 4 rings (SSSR count). The van der Waals surface area contributed by atoms with Crippen molar-refractivity contribution in [1.29, 1.82) is 0 Å². The predicted octanol–water partition coefficient (Wildman–Crippen LogP) is 3.77. The topological polar surface area (TPSA) is 119 Å². The monoisotopic (exact) mass is 467 g/mol. The largest absolute Gasteiger partial charge is 0.504 e. The molecule has 0 saturated carbocycles. The average Bonchev–Trinajstić information content (AvgIpc) is 3.38. The molecule has 0 saturated heterocycles. The van der Waals surface area contributed by atoms with Gasteiger partial charge >= 0.3 is 0 Å². The first-order chi connectivity index (χ1) is 16.4. The molecule has 1 unspecified atom stereocenters. The van der Waals surface area contributed by atoms with Crippen molar-refractivity contribution in [2.45, 2.75) is 13.0 Å². The van der Waals surface area contributed by atoms with Gasteiger partial charge < -0.3 is 33.7 Å². The second kappa shape index (κ2) is 9.48. The fourth-order valence-corrected chi connectivity index (χ4v) is 4.07. The van der Waals surface area contributed by atoms with Gasteiger partial charge in [-0.15, -0.1) is 0 Å². The number of phenolic OH excluding ortho intramolecular Hbond substituents is 1. The number of hydrogen-bond donors (Lipinski definition) is 2. The molecule has 178 valence electrons. The van der Waals surface area contributed by atoms with Crippen LogP contribution in [0, 0.1) is 0 Å². The number of benzene rings is 2. The van der Waals surface area contributed by atoms with Gasteiger partial charge in [-0.3, -0.25) is 9.59 Å².